The number of likely N-dealkylation sites (tertiary alicyclic amines) is 1. The van der Waals surface area contributed by atoms with E-state index in [0.29, 0.717) is 12.0 Å². The van der Waals surface area contributed by atoms with Crippen LogP contribution < -0.4 is 0 Å². The SMILES string of the molecule is CC(C)N1CCC(c2nnc3ccc(Cl)cn23)CC1. The first-order chi connectivity index (χ1) is 9.15. The number of nitrogens with zero attached hydrogens (tertiary/aromatic N) is 4. The van der Waals surface area contributed by atoms with Gasteiger partial charge in [0, 0.05) is 18.2 Å². The monoisotopic (exact) mass is 278 g/mol. The molecule has 102 valence electrons. The Morgan fingerprint density at radius 1 is 1.21 bits per heavy atom. The second-order valence-corrected chi connectivity index (χ2v) is 5.97. The molecule has 1 fully saturated rings. The van der Waals surface area contributed by atoms with Crippen molar-refractivity contribution >= 4 is 17.2 Å². The number of fused-ring (bicyclic) bond motifs is 1. The maximum absolute atomic E-state index is 6.07. The van der Waals surface area contributed by atoms with Crippen LogP contribution in [0.4, 0.5) is 0 Å². The van der Waals surface area contributed by atoms with Crippen molar-refractivity contribution in [1.29, 1.82) is 0 Å². The third-order valence-electron chi connectivity index (χ3n) is 4.02. The van der Waals surface area contributed by atoms with Crippen LogP contribution in [-0.2, 0) is 0 Å². The van der Waals surface area contributed by atoms with E-state index in [1.54, 1.807) is 0 Å². The number of piperidine rings is 1. The Morgan fingerprint density at radius 2 is 1.95 bits per heavy atom. The largest absolute Gasteiger partial charge is 0.301 e. The van der Waals surface area contributed by atoms with E-state index in [1.807, 2.05) is 22.7 Å². The van der Waals surface area contributed by atoms with Gasteiger partial charge in [0.1, 0.15) is 5.82 Å². The molecule has 5 heteroatoms. The molecule has 3 heterocycles. The molecule has 2 aromatic heterocycles. The number of rotatable bonds is 2. The molecule has 4 nitrogen and oxygen atoms in total. The molecular formula is C14H19ClN4. The summed E-state index contributed by atoms with van der Waals surface area (Å²) >= 11 is 6.07. The Balaban J connectivity index is 1.84. The average molecular weight is 279 g/mol. The van der Waals surface area contributed by atoms with E-state index in [1.165, 1.54) is 0 Å². The Hall–Kier alpha value is -1.13. The smallest absolute Gasteiger partial charge is 0.160 e. The summed E-state index contributed by atoms with van der Waals surface area (Å²) in [5, 5.41) is 9.33. The van der Waals surface area contributed by atoms with E-state index in [-0.39, 0.29) is 0 Å². The molecule has 0 saturated carbocycles. The first-order valence-corrected chi connectivity index (χ1v) is 7.27. The van der Waals surface area contributed by atoms with E-state index in [2.05, 4.69) is 28.9 Å². The molecule has 1 aliphatic rings. The summed E-state index contributed by atoms with van der Waals surface area (Å²) in [6.45, 7) is 6.79. The minimum atomic E-state index is 0.489. The predicted molar refractivity (Wildman–Crippen MR) is 76.7 cm³/mol. The van der Waals surface area contributed by atoms with Crippen LogP contribution in [0.5, 0.6) is 0 Å². The van der Waals surface area contributed by atoms with Crippen molar-refractivity contribution in [2.24, 2.45) is 0 Å². The molecule has 2 aromatic rings. The van der Waals surface area contributed by atoms with E-state index in [0.717, 1.165) is 42.4 Å². The molecule has 0 radical (unpaired) electrons. The van der Waals surface area contributed by atoms with Crippen LogP contribution in [0.15, 0.2) is 18.3 Å². The lowest BCUT2D eigenvalue weighted by atomic mass is 9.95. The molecule has 19 heavy (non-hydrogen) atoms. The van der Waals surface area contributed by atoms with Crippen molar-refractivity contribution in [3.8, 4) is 0 Å². The van der Waals surface area contributed by atoms with Crippen LogP contribution in [0.2, 0.25) is 5.02 Å². The molecule has 0 amide bonds. The number of hydrogen-bond donors (Lipinski definition) is 0. The van der Waals surface area contributed by atoms with E-state index in [9.17, 15) is 0 Å². The minimum Gasteiger partial charge on any atom is -0.301 e. The summed E-state index contributed by atoms with van der Waals surface area (Å²) in [6.07, 6.45) is 4.21. The minimum absolute atomic E-state index is 0.489. The second kappa shape index (κ2) is 5.10. The predicted octanol–water partition coefficient (Wildman–Crippen LogP) is 2.97. The maximum atomic E-state index is 6.07. The van der Waals surface area contributed by atoms with Gasteiger partial charge in [0.15, 0.2) is 5.65 Å². The summed E-state index contributed by atoms with van der Waals surface area (Å²) in [4.78, 5) is 2.52. The molecule has 0 N–H and O–H groups in total. The topological polar surface area (TPSA) is 33.4 Å². The highest BCUT2D eigenvalue weighted by atomic mass is 35.5. The van der Waals surface area contributed by atoms with Crippen LogP contribution in [0, 0.1) is 0 Å². The molecule has 1 saturated heterocycles. The Morgan fingerprint density at radius 3 is 2.63 bits per heavy atom. The van der Waals surface area contributed by atoms with Crippen LogP contribution in [0.25, 0.3) is 5.65 Å². The van der Waals surface area contributed by atoms with Crippen LogP contribution in [0.1, 0.15) is 38.4 Å². The van der Waals surface area contributed by atoms with E-state index < -0.39 is 0 Å². The van der Waals surface area contributed by atoms with Gasteiger partial charge < -0.3 is 4.90 Å². The molecule has 0 aromatic carbocycles. The maximum Gasteiger partial charge on any atom is 0.160 e. The van der Waals surface area contributed by atoms with Crippen LogP contribution in [0.3, 0.4) is 0 Å². The fourth-order valence-electron chi connectivity index (χ4n) is 2.83. The summed E-state index contributed by atoms with van der Waals surface area (Å²) in [7, 11) is 0. The van der Waals surface area contributed by atoms with E-state index in [4.69, 9.17) is 11.6 Å². The summed E-state index contributed by atoms with van der Waals surface area (Å²) in [5.41, 5.74) is 0.880. The summed E-state index contributed by atoms with van der Waals surface area (Å²) < 4.78 is 2.04. The zero-order chi connectivity index (χ0) is 13.4. The van der Waals surface area contributed by atoms with Crippen molar-refractivity contribution in [1.82, 2.24) is 19.5 Å². The summed E-state index contributed by atoms with van der Waals surface area (Å²) in [5.74, 6) is 1.55. The van der Waals surface area contributed by atoms with Gasteiger partial charge in [-0.15, -0.1) is 10.2 Å². The van der Waals surface area contributed by atoms with Gasteiger partial charge in [-0.1, -0.05) is 11.6 Å². The van der Waals surface area contributed by atoms with Gasteiger partial charge in [-0.2, -0.15) is 0 Å². The molecule has 0 atom stereocenters. The van der Waals surface area contributed by atoms with Gasteiger partial charge >= 0.3 is 0 Å². The highest BCUT2D eigenvalue weighted by Crippen LogP contribution is 2.28. The van der Waals surface area contributed by atoms with Crippen LogP contribution in [-0.4, -0.2) is 38.6 Å². The quantitative estimate of drug-likeness (QED) is 0.847. The third kappa shape index (κ3) is 2.47. The van der Waals surface area contributed by atoms with Crippen molar-refractivity contribution in [2.45, 2.75) is 38.6 Å². The van der Waals surface area contributed by atoms with Crippen molar-refractivity contribution in [2.75, 3.05) is 13.1 Å². The standard InChI is InChI=1S/C14H19ClN4/c1-10(2)18-7-5-11(6-8-18)14-17-16-13-4-3-12(15)9-19(13)14/h3-4,9-11H,5-8H2,1-2H3. The zero-order valence-electron chi connectivity index (χ0n) is 11.4. The molecular weight excluding hydrogens is 260 g/mol. The number of halogens is 1. The highest BCUT2D eigenvalue weighted by molar-refractivity contribution is 6.30. The molecule has 3 rings (SSSR count). The van der Waals surface area contributed by atoms with Gasteiger partial charge in [0.25, 0.3) is 0 Å². The lowest BCUT2D eigenvalue weighted by Gasteiger charge is -2.33. The van der Waals surface area contributed by atoms with Gasteiger partial charge in [-0.25, -0.2) is 0 Å². The molecule has 0 unspecified atom stereocenters. The molecule has 0 aliphatic carbocycles. The number of hydrogen-bond acceptors (Lipinski definition) is 3. The Labute approximate surface area is 118 Å². The van der Waals surface area contributed by atoms with Gasteiger partial charge in [0.05, 0.1) is 5.02 Å². The van der Waals surface area contributed by atoms with Crippen LogP contribution >= 0.6 is 11.6 Å². The molecule has 1 aliphatic heterocycles. The highest BCUT2D eigenvalue weighted by Gasteiger charge is 2.25. The Kier molecular flexibility index (Phi) is 3.46. The van der Waals surface area contributed by atoms with Gasteiger partial charge in [-0.05, 0) is 51.9 Å². The summed E-state index contributed by atoms with van der Waals surface area (Å²) in [6, 6.07) is 4.41. The number of aromatic nitrogens is 3. The van der Waals surface area contributed by atoms with Crippen molar-refractivity contribution in [3.05, 3.63) is 29.2 Å². The average Bonchev–Trinajstić information content (AvgIpc) is 2.81. The third-order valence-corrected chi connectivity index (χ3v) is 4.24. The normalized spacial score (nSPS) is 18.5. The van der Waals surface area contributed by atoms with E-state index >= 15 is 0 Å². The lowest BCUT2D eigenvalue weighted by Crippen LogP contribution is -2.38. The van der Waals surface area contributed by atoms with Crippen molar-refractivity contribution < 1.29 is 0 Å². The second-order valence-electron chi connectivity index (χ2n) is 5.54. The molecule has 0 spiro atoms. The molecule has 0 bridgehead atoms. The lowest BCUT2D eigenvalue weighted by molar-refractivity contribution is 0.169. The number of pyridine rings is 1. The fourth-order valence-corrected chi connectivity index (χ4v) is 3.00. The van der Waals surface area contributed by atoms with Gasteiger partial charge in [0.2, 0.25) is 0 Å². The van der Waals surface area contributed by atoms with Gasteiger partial charge in [-0.3, -0.25) is 4.40 Å². The zero-order valence-corrected chi connectivity index (χ0v) is 12.1. The fraction of sp³-hybridized carbons (Fsp3) is 0.571. The Bertz CT molecular complexity index is 570. The first-order valence-electron chi connectivity index (χ1n) is 6.89. The van der Waals surface area contributed by atoms with Crippen molar-refractivity contribution in [3.63, 3.8) is 0 Å². The first kappa shape index (κ1) is 12.9.